The van der Waals surface area contributed by atoms with Crippen LogP contribution in [0.15, 0.2) is 36.7 Å². The summed E-state index contributed by atoms with van der Waals surface area (Å²) in [5, 5.41) is 7.47. The molecule has 0 fully saturated rings. The molecule has 0 saturated carbocycles. The van der Waals surface area contributed by atoms with E-state index in [9.17, 15) is 4.79 Å². The minimum absolute atomic E-state index is 0.100. The highest BCUT2D eigenvalue weighted by Gasteiger charge is 2.28. The van der Waals surface area contributed by atoms with E-state index in [1.807, 2.05) is 32.4 Å². The van der Waals surface area contributed by atoms with Gasteiger partial charge in [0.1, 0.15) is 0 Å². The average Bonchev–Trinajstić information content (AvgIpc) is 2.91. The van der Waals surface area contributed by atoms with Crippen LogP contribution in [0, 0.1) is 0 Å². The minimum atomic E-state index is -0.100. The van der Waals surface area contributed by atoms with Gasteiger partial charge in [0.2, 0.25) is 5.91 Å². The summed E-state index contributed by atoms with van der Waals surface area (Å²) in [6.45, 7) is 2.13. The van der Waals surface area contributed by atoms with Crippen LogP contribution in [0.5, 0.6) is 0 Å². The number of aryl methyl sites for hydroxylation is 1. The third-order valence-corrected chi connectivity index (χ3v) is 3.95. The minimum Gasteiger partial charge on any atom is -0.341 e. The molecule has 1 aliphatic heterocycles. The fraction of sp³-hybridized carbons (Fsp3) is 0.375. The van der Waals surface area contributed by atoms with Crippen molar-refractivity contribution in [2.24, 2.45) is 7.05 Å². The molecule has 21 heavy (non-hydrogen) atoms. The summed E-state index contributed by atoms with van der Waals surface area (Å²) in [5.41, 5.74) is 3.42. The van der Waals surface area contributed by atoms with Crippen LogP contribution in [0.2, 0.25) is 0 Å². The molecule has 2 aromatic rings. The molecule has 0 saturated heterocycles. The van der Waals surface area contributed by atoms with Crippen molar-refractivity contribution in [1.82, 2.24) is 20.0 Å². The first-order valence-electron chi connectivity index (χ1n) is 7.16. The zero-order chi connectivity index (χ0) is 14.8. The van der Waals surface area contributed by atoms with Crippen LogP contribution < -0.4 is 5.32 Å². The van der Waals surface area contributed by atoms with Gasteiger partial charge in [0.15, 0.2) is 0 Å². The SMILES string of the molecule is CN(Cc1cnn(C)c1)C(=O)C1CNCc2ccccc21. The molecule has 0 spiro atoms. The van der Waals surface area contributed by atoms with Crippen molar-refractivity contribution in [1.29, 1.82) is 0 Å². The van der Waals surface area contributed by atoms with E-state index in [0.717, 1.165) is 17.7 Å². The Morgan fingerprint density at radius 3 is 3.05 bits per heavy atom. The second kappa shape index (κ2) is 5.69. The number of carbonyl (C=O) groups is 1. The fourth-order valence-corrected chi connectivity index (χ4v) is 2.89. The molecule has 110 valence electrons. The van der Waals surface area contributed by atoms with Gasteiger partial charge >= 0.3 is 0 Å². The van der Waals surface area contributed by atoms with Gasteiger partial charge in [-0.1, -0.05) is 24.3 Å². The Bertz CT molecular complexity index is 649. The summed E-state index contributed by atoms with van der Waals surface area (Å²) in [4.78, 5) is 14.5. The number of rotatable bonds is 3. The molecule has 5 nitrogen and oxygen atoms in total. The van der Waals surface area contributed by atoms with Crippen LogP contribution in [0.1, 0.15) is 22.6 Å². The van der Waals surface area contributed by atoms with Crippen LogP contribution in [0.3, 0.4) is 0 Å². The highest BCUT2D eigenvalue weighted by molar-refractivity contribution is 5.84. The van der Waals surface area contributed by atoms with Crippen molar-refractivity contribution in [3.8, 4) is 0 Å². The summed E-state index contributed by atoms with van der Waals surface area (Å²) in [5.74, 6) is 0.0510. The number of benzene rings is 1. The first-order chi connectivity index (χ1) is 10.1. The van der Waals surface area contributed by atoms with E-state index in [4.69, 9.17) is 0 Å². The van der Waals surface area contributed by atoms with E-state index < -0.39 is 0 Å². The maximum Gasteiger partial charge on any atom is 0.231 e. The molecule has 0 bridgehead atoms. The number of hydrogen-bond acceptors (Lipinski definition) is 3. The monoisotopic (exact) mass is 284 g/mol. The third-order valence-electron chi connectivity index (χ3n) is 3.95. The van der Waals surface area contributed by atoms with Gasteiger partial charge in [-0.25, -0.2) is 0 Å². The third kappa shape index (κ3) is 2.83. The lowest BCUT2D eigenvalue weighted by Gasteiger charge is -2.29. The molecule has 1 atom stereocenters. The van der Waals surface area contributed by atoms with Gasteiger partial charge in [-0.3, -0.25) is 9.48 Å². The van der Waals surface area contributed by atoms with Crippen molar-refractivity contribution in [3.63, 3.8) is 0 Å². The number of likely N-dealkylation sites (N-methyl/N-ethyl adjacent to an activating group) is 1. The standard InChI is InChI=1S/C16H20N4O/c1-19(10-12-7-18-20(2)11-12)16(21)15-9-17-8-13-5-3-4-6-14(13)15/h3-7,11,15,17H,8-10H2,1-2H3. The number of carbonyl (C=O) groups excluding carboxylic acids is 1. The van der Waals surface area contributed by atoms with E-state index in [1.54, 1.807) is 15.8 Å². The van der Waals surface area contributed by atoms with Gasteiger partial charge in [0.05, 0.1) is 12.1 Å². The molecule has 1 aliphatic rings. The van der Waals surface area contributed by atoms with Crippen molar-refractivity contribution < 1.29 is 4.79 Å². The number of fused-ring (bicyclic) bond motifs is 1. The van der Waals surface area contributed by atoms with Crippen molar-refractivity contribution in [2.75, 3.05) is 13.6 Å². The fourth-order valence-electron chi connectivity index (χ4n) is 2.89. The highest BCUT2D eigenvalue weighted by Crippen LogP contribution is 2.25. The summed E-state index contributed by atoms with van der Waals surface area (Å²) in [7, 11) is 3.74. The Labute approximate surface area is 124 Å². The number of amides is 1. The van der Waals surface area contributed by atoms with Crippen LogP contribution in [-0.4, -0.2) is 34.2 Å². The van der Waals surface area contributed by atoms with Crippen LogP contribution in [0.4, 0.5) is 0 Å². The van der Waals surface area contributed by atoms with Crippen molar-refractivity contribution in [2.45, 2.75) is 19.0 Å². The molecule has 1 amide bonds. The first kappa shape index (κ1) is 13.8. The topological polar surface area (TPSA) is 50.2 Å². The summed E-state index contributed by atoms with van der Waals surface area (Å²) in [6.07, 6.45) is 3.74. The predicted molar refractivity (Wildman–Crippen MR) is 80.6 cm³/mol. The Morgan fingerprint density at radius 2 is 2.29 bits per heavy atom. The van der Waals surface area contributed by atoms with Gasteiger partial charge in [-0.15, -0.1) is 0 Å². The normalized spacial score (nSPS) is 17.3. The van der Waals surface area contributed by atoms with Gasteiger partial charge in [0.25, 0.3) is 0 Å². The molecule has 1 unspecified atom stereocenters. The van der Waals surface area contributed by atoms with Gasteiger partial charge in [-0.2, -0.15) is 5.10 Å². The molecule has 3 rings (SSSR count). The lowest BCUT2D eigenvalue weighted by atomic mass is 9.90. The van der Waals surface area contributed by atoms with E-state index in [0.29, 0.717) is 13.1 Å². The lowest BCUT2D eigenvalue weighted by molar-refractivity contribution is -0.132. The number of hydrogen-bond donors (Lipinski definition) is 1. The van der Waals surface area contributed by atoms with E-state index >= 15 is 0 Å². The van der Waals surface area contributed by atoms with Crippen LogP contribution >= 0.6 is 0 Å². The largest absolute Gasteiger partial charge is 0.341 e. The Kier molecular flexibility index (Phi) is 3.75. The van der Waals surface area contributed by atoms with E-state index in [-0.39, 0.29) is 11.8 Å². The maximum atomic E-state index is 12.7. The quantitative estimate of drug-likeness (QED) is 0.923. The Morgan fingerprint density at radius 1 is 1.48 bits per heavy atom. The summed E-state index contributed by atoms with van der Waals surface area (Å²) >= 11 is 0. The molecule has 0 aliphatic carbocycles. The lowest BCUT2D eigenvalue weighted by Crippen LogP contribution is -2.39. The molecule has 1 N–H and O–H groups in total. The second-order valence-corrected chi connectivity index (χ2v) is 5.60. The summed E-state index contributed by atoms with van der Waals surface area (Å²) < 4.78 is 1.76. The number of nitrogens with zero attached hydrogens (tertiary/aromatic N) is 3. The predicted octanol–water partition coefficient (Wildman–Crippen LogP) is 1.27. The smallest absolute Gasteiger partial charge is 0.231 e. The summed E-state index contributed by atoms with van der Waals surface area (Å²) in [6, 6.07) is 8.18. The molecule has 5 heteroatoms. The van der Waals surface area contributed by atoms with Gasteiger partial charge in [0, 0.05) is 45.5 Å². The second-order valence-electron chi connectivity index (χ2n) is 5.60. The van der Waals surface area contributed by atoms with E-state index in [2.05, 4.69) is 22.5 Å². The number of aromatic nitrogens is 2. The van der Waals surface area contributed by atoms with Crippen LogP contribution in [0.25, 0.3) is 0 Å². The first-order valence-corrected chi connectivity index (χ1v) is 7.16. The Balaban J connectivity index is 1.76. The zero-order valence-electron chi connectivity index (χ0n) is 12.4. The van der Waals surface area contributed by atoms with Crippen molar-refractivity contribution in [3.05, 3.63) is 53.3 Å². The molecular weight excluding hydrogens is 264 g/mol. The zero-order valence-corrected chi connectivity index (χ0v) is 12.4. The average molecular weight is 284 g/mol. The molecule has 0 radical (unpaired) electrons. The van der Waals surface area contributed by atoms with Gasteiger partial charge in [-0.05, 0) is 11.1 Å². The van der Waals surface area contributed by atoms with Crippen molar-refractivity contribution >= 4 is 5.91 Å². The number of nitrogens with one attached hydrogen (secondary N) is 1. The molecule has 1 aromatic heterocycles. The Hall–Kier alpha value is -2.14. The molecule has 2 heterocycles. The molecular formula is C16H20N4O. The van der Waals surface area contributed by atoms with Crippen LogP contribution in [-0.2, 0) is 24.9 Å². The molecule has 1 aromatic carbocycles. The van der Waals surface area contributed by atoms with Gasteiger partial charge < -0.3 is 10.2 Å². The maximum absolute atomic E-state index is 12.7. The highest BCUT2D eigenvalue weighted by atomic mass is 16.2. The van der Waals surface area contributed by atoms with E-state index in [1.165, 1.54) is 5.56 Å².